The van der Waals surface area contributed by atoms with Gasteiger partial charge in [-0.25, -0.2) is 4.98 Å². The minimum atomic E-state index is 0.553. The largest absolute Gasteiger partial charge is 0.449 e. The van der Waals surface area contributed by atoms with Crippen LogP contribution in [0.15, 0.2) is 34.9 Å². The molecule has 1 saturated carbocycles. The molecule has 0 saturated heterocycles. The monoisotopic (exact) mass is 270 g/mol. The Labute approximate surface area is 120 Å². The molecule has 1 aromatic carbocycles. The first-order valence-electron chi connectivity index (χ1n) is 7.51. The van der Waals surface area contributed by atoms with Crippen molar-refractivity contribution in [2.24, 2.45) is 5.92 Å². The van der Waals surface area contributed by atoms with Crippen LogP contribution in [-0.2, 0) is 0 Å². The molecule has 3 nitrogen and oxygen atoms in total. The van der Waals surface area contributed by atoms with Gasteiger partial charge in [0.05, 0.1) is 0 Å². The van der Waals surface area contributed by atoms with Gasteiger partial charge in [0.25, 0.3) is 0 Å². The third-order valence-electron chi connectivity index (χ3n) is 4.30. The quantitative estimate of drug-likeness (QED) is 0.879. The summed E-state index contributed by atoms with van der Waals surface area (Å²) in [4.78, 5) is 4.35. The van der Waals surface area contributed by atoms with Crippen LogP contribution in [0.1, 0.15) is 38.5 Å². The maximum Gasteiger partial charge on any atom is 0.191 e. The van der Waals surface area contributed by atoms with Gasteiger partial charge in [0, 0.05) is 24.2 Å². The fourth-order valence-electron chi connectivity index (χ4n) is 3.07. The lowest BCUT2D eigenvalue weighted by Crippen LogP contribution is -2.23. The summed E-state index contributed by atoms with van der Waals surface area (Å²) in [5.41, 5.74) is 3.19. The molecule has 3 rings (SSSR count). The number of benzene rings is 1. The van der Waals surface area contributed by atoms with Crippen molar-refractivity contribution >= 4 is 5.69 Å². The van der Waals surface area contributed by atoms with Crippen molar-refractivity contribution in [2.75, 3.05) is 5.32 Å². The molecule has 1 aliphatic carbocycles. The fourth-order valence-corrected chi connectivity index (χ4v) is 3.07. The van der Waals surface area contributed by atoms with Crippen molar-refractivity contribution in [1.82, 2.24) is 4.98 Å². The highest BCUT2D eigenvalue weighted by atomic mass is 16.3. The second-order valence-corrected chi connectivity index (χ2v) is 5.81. The standard InChI is InChI=1S/C17H22N2O/c1-12(14-5-3-4-6-14)18-16-9-7-15(8-10-16)17-11-20-13(2)19-17/h7-12,14,18H,3-6H2,1-2H3. The molecule has 1 unspecified atom stereocenters. The normalized spacial score (nSPS) is 17.3. The van der Waals surface area contributed by atoms with Crippen LogP contribution in [0.3, 0.4) is 0 Å². The molecular formula is C17H22N2O. The smallest absolute Gasteiger partial charge is 0.191 e. The average Bonchev–Trinajstić information content (AvgIpc) is 3.10. The topological polar surface area (TPSA) is 38.1 Å². The van der Waals surface area contributed by atoms with E-state index in [0.717, 1.165) is 17.2 Å². The predicted molar refractivity (Wildman–Crippen MR) is 81.7 cm³/mol. The van der Waals surface area contributed by atoms with Gasteiger partial charge in [0.1, 0.15) is 12.0 Å². The van der Waals surface area contributed by atoms with E-state index in [-0.39, 0.29) is 0 Å². The van der Waals surface area contributed by atoms with Crippen LogP contribution in [0, 0.1) is 12.8 Å². The van der Waals surface area contributed by atoms with Crippen molar-refractivity contribution in [3.05, 3.63) is 36.4 Å². The van der Waals surface area contributed by atoms with E-state index in [0.29, 0.717) is 11.9 Å². The third kappa shape index (κ3) is 2.87. The molecule has 106 valence electrons. The Kier molecular flexibility index (Phi) is 3.77. The molecule has 0 radical (unpaired) electrons. The van der Waals surface area contributed by atoms with E-state index < -0.39 is 0 Å². The van der Waals surface area contributed by atoms with Crippen molar-refractivity contribution in [3.63, 3.8) is 0 Å². The Balaban J connectivity index is 1.66. The molecule has 0 aliphatic heterocycles. The Morgan fingerprint density at radius 3 is 2.50 bits per heavy atom. The van der Waals surface area contributed by atoms with Crippen molar-refractivity contribution in [3.8, 4) is 11.3 Å². The Bertz CT molecular complexity index is 553. The number of aromatic nitrogens is 1. The molecule has 20 heavy (non-hydrogen) atoms. The zero-order chi connectivity index (χ0) is 13.9. The third-order valence-corrected chi connectivity index (χ3v) is 4.30. The number of nitrogens with zero attached hydrogens (tertiary/aromatic N) is 1. The maximum absolute atomic E-state index is 5.25. The van der Waals surface area contributed by atoms with E-state index in [2.05, 4.69) is 41.5 Å². The lowest BCUT2D eigenvalue weighted by atomic mass is 9.99. The maximum atomic E-state index is 5.25. The molecule has 1 aromatic heterocycles. The van der Waals surface area contributed by atoms with Crippen LogP contribution in [0.25, 0.3) is 11.3 Å². The molecule has 0 bridgehead atoms. The predicted octanol–water partition coefficient (Wildman–Crippen LogP) is 4.64. The molecule has 1 fully saturated rings. The second-order valence-electron chi connectivity index (χ2n) is 5.81. The highest BCUT2D eigenvalue weighted by molar-refractivity contribution is 5.61. The van der Waals surface area contributed by atoms with Gasteiger partial charge < -0.3 is 9.73 Å². The Hall–Kier alpha value is -1.77. The number of rotatable bonds is 4. The van der Waals surface area contributed by atoms with Gasteiger partial charge in [-0.05, 0) is 37.8 Å². The first-order chi connectivity index (χ1) is 9.72. The lowest BCUT2D eigenvalue weighted by Gasteiger charge is -2.21. The van der Waals surface area contributed by atoms with Crippen molar-refractivity contribution < 1.29 is 4.42 Å². The van der Waals surface area contributed by atoms with Crippen LogP contribution >= 0.6 is 0 Å². The van der Waals surface area contributed by atoms with Crippen LogP contribution < -0.4 is 5.32 Å². The first kappa shape index (κ1) is 13.2. The molecule has 1 N–H and O–H groups in total. The molecule has 3 heteroatoms. The zero-order valence-electron chi connectivity index (χ0n) is 12.2. The lowest BCUT2D eigenvalue weighted by molar-refractivity contribution is 0.482. The summed E-state index contributed by atoms with van der Waals surface area (Å²) in [5.74, 6) is 1.53. The molecular weight excluding hydrogens is 248 g/mol. The summed E-state index contributed by atoms with van der Waals surface area (Å²) < 4.78 is 5.25. The molecule has 0 amide bonds. The highest BCUT2D eigenvalue weighted by Gasteiger charge is 2.21. The van der Waals surface area contributed by atoms with Crippen molar-refractivity contribution in [2.45, 2.75) is 45.6 Å². The summed E-state index contributed by atoms with van der Waals surface area (Å²) in [6, 6.07) is 9.01. The van der Waals surface area contributed by atoms with Gasteiger partial charge >= 0.3 is 0 Å². The summed E-state index contributed by atoms with van der Waals surface area (Å²) in [6.07, 6.45) is 7.22. The first-order valence-corrected chi connectivity index (χ1v) is 7.51. The average molecular weight is 270 g/mol. The van der Waals surface area contributed by atoms with E-state index >= 15 is 0 Å². The van der Waals surface area contributed by atoms with Gasteiger partial charge in [-0.15, -0.1) is 0 Å². The highest BCUT2D eigenvalue weighted by Crippen LogP contribution is 2.29. The van der Waals surface area contributed by atoms with Gasteiger partial charge in [-0.1, -0.05) is 25.0 Å². The summed E-state index contributed by atoms with van der Waals surface area (Å²) in [5, 5.41) is 3.62. The molecule has 1 atom stereocenters. The molecule has 1 heterocycles. The Morgan fingerprint density at radius 2 is 1.90 bits per heavy atom. The minimum absolute atomic E-state index is 0.553. The van der Waals surface area contributed by atoms with Crippen LogP contribution in [0.2, 0.25) is 0 Å². The van der Waals surface area contributed by atoms with Gasteiger partial charge in [-0.3, -0.25) is 0 Å². The summed E-state index contributed by atoms with van der Waals surface area (Å²) in [6.45, 7) is 4.16. The van der Waals surface area contributed by atoms with Gasteiger partial charge in [0.2, 0.25) is 0 Å². The van der Waals surface area contributed by atoms with Crippen LogP contribution in [-0.4, -0.2) is 11.0 Å². The number of anilines is 1. The summed E-state index contributed by atoms with van der Waals surface area (Å²) >= 11 is 0. The molecule has 0 spiro atoms. The fraction of sp³-hybridized carbons (Fsp3) is 0.471. The van der Waals surface area contributed by atoms with E-state index in [9.17, 15) is 0 Å². The van der Waals surface area contributed by atoms with Crippen LogP contribution in [0.4, 0.5) is 5.69 Å². The zero-order valence-corrected chi connectivity index (χ0v) is 12.2. The second kappa shape index (κ2) is 5.70. The Morgan fingerprint density at radius 1 is 1.20 bits per heavy atom. The van der Waals surface area contributed by atoms with E-state index in [4.69, 9.17) is 4.42 Å². The SMILES string of the molecule is Cc1nc(-c2ccc(NC(C)C3CCCC3)cc2)co1. The summed E-state index contributed by atoms with van der Waals surface area (Å²) in [7, 11) is 0. The van der Waals surface area contributed by atoms with Crippen molar-refractivity contribution in [1.29, 1.82) is 0 Å². The number of nitrogens with one attached hydrogen (secondary N) is 1. The molecule has 1 aliphatic rings. The number of hydrogen-bond acceptors (Lipinski definition) is 3. The van der Waals surface area contributed by atoms with Gasteiger partial charge in [-0.2, -0.15) is 0 Å². The number of aryl methyl sites for hydroxylation is 1. The van der Waals surface area contributed by atoms with E-state index in [1.165, 1.54) is 31.4 Å². The van der Waals surface area contributed by atoms with E-state index in [1.54, 1.807) is 6.26 Å². The molecule has 2 aromatic rings. The number of hydrogen-bond donors (Lipinski definition) is 1. The van der Waals surface area contributed by atoms with E-state index in [1.807, 2.05) is 6.92 Å². The number of oxazole rings is 1. The van der Waals surface area contributed by atoms with Crippen LogP contribution in [0.5, 0.6) is 0 Å². The minimum Gasteiger partial charge on any atom is -0.449 e. The van der Waals surface area contributed by atoms with Gasteiger partial charge in [0.15, 0.2) is 5.89 Å².